The highest BCUT2D eigenvalue weighted by atomic mass is 16.5. The molecule has 2 atom stereocenters. The standard InChI is InChI=1S/C12H23N3O/c1-9(2)12(8-16-5)14-10(3)11-6-13-15(4)7-11/h6-7,9-10,12,14H,8H2,1-5H3. The van der Waals surface area contributed by atoms with E-state index in [0.29, 0.717) is 18.0 Å². The van der Waals surface area contributed by atoms with Crippen LogP contribution in [0.5, 0.6) is 0 Å². The zero-order valence-corrected chi connectivity index (χ0v) is 10.9. The molecule has 2 unspecified atom stereocenters. The molecule has 0 spiro atoms. The first-order chi connectivity index (χ1) is 7.54. The van der Waals surface area contributed by atoms with Crippen LogP contribution in [0, 0.1) is 5.92 Å². The summed E-state index contributed by atoms with van der Waals surface area (Å²) >= 11 is 0. The molecular weight excluding hydrogens is 202 g/mol. The highest BCUT2D eigenvalue weighted by molar-refractivity contribution is 5.09. The molecule has 16 heavy (non-hydrogen) atoms. The summed E-state index contributed by atoms with van der Waals surface area (Å²) in [6, 6.07) is 0.677. The molecule has 0 aliphatic carbocycles. The predicted molar refractivity (Wildman–Crippen MR) is 65.3 cm³/mol. The molecule has 1 N–H and O–H groups in total. The van der Waals surface area contributed by atoms with Crippen molar-refractivity contribution in [2.75, 3.05) is 13.7 Å². The molecule has 0 bridgehead atoms. The van der Waals surface area contributed by atoms with Gasteiger partial charge in [-0.2, -0.15) is 5.10 Å². The van der Waals surface area contributed by atoms with Gasteiger partial charge >= 0.3 is 0 Å². The molecule has 1 rings (SSSR count). The zero-order valence-electron chi connectivity index (χ0n) is 10.9. The van der Waals surface area contributed by atoms with Crippen molar-refractivity contribution in [2.45, 2.75) is 32.9 Å². The number of nitrogens with one attached hydrogen (secondary N) is 1. The fourth-order valence-corrected chi connectivity index (χ4v) is 1.69. The van der Waals surface area contributed by atoms with Crippen molar-refractivity contribution in [3.8, 4) is 0 Å². The Bertz CT molecular complexity index is 309. The van der Waals surface area contributed by atoms with E-state index < -0.39 is 0 Å². The number of aromatic nitrogens is 2. The third kappa shape index (κ3) is 3.61. The molecule has 1 heterocycles. The summed E-state index contributed by atoms with van der Waals surface area (Å²) in [6.45, 7) is 7.30. The van der Waals surface area contributed by atoms with Gasteiger partial charge in [-0.05, 0) is 12.8 Å². The zero-order chi connectivity index (χ0) is 12.1. The van der Waals surface area contributed by atoms with Crippen molar-refractivity contribution < 1.29 is 4.74 Å². The van der Waals surface area contributed by atoms with Gasteiger partial charge in [0.25, 0.3) is 0 Å². The van der Waals surface area contributed by atoms with Gasteiger partial charge in [-0.3, -0.25) is 4.68 Å². The van der Waals surface area contributed by atoms with Gasteiger partial charge < -0.3 is 10.1 Å². The second-order valence-electron chi connectivity index (χ2n) is 4.64. The maximum absolute atomic E-state index is 5.22. The fraction of sp³-hybridized carbons (Fsp3) is 0.750. The Morgan fingerprint density at radius 3 is 2.56 bits per heavy atom. The molecule has 1 aromatic heterocycles. The molecule has 0 saturated heterocycles. The molecule has 92 valence electrons. The van der Waals surface area contributed by atoms with Crippen molar-refractivity contribution in [1.29, 1.82) is 0 Å². The second kappa shape index (κ2) is 6.01. The Kier molecular flexibility index (Phi) is 4.96. The Morgan fingerprint density at radius 1 is 1.44 bits per heavy atom. The van der Waals surface area contributed by atoms with Crippen molar-refractivity contribution in [3.05, 3.63) is 18.0 Å². The van der Waals surface area contributed by atoms with Gasteiger partial charge in [-0.15, -0.1) is 0 Å². The van der Waals surface area contributed by atoms with Gasteiger partial charge in [-0.25, -0.2) is 0 Å². The Hall–Kier alpha value is -0.870. The Balaban J connectivity index is 2.57. The number of aryl methyl sites for hydroxylation is 1. The lowest BCUT2D eigenvalue weighted by molar-refractivity contribution is 0.141. The van der Waals surface area contributed by atoms with Crippen LogP contribution in [0.3, 0.4) is 0 Å². The molecule has 4 nitrogen and oxygen atoms in total. The molecule has 1 aromatic rings. The van der Waals surface area contributed by atoms with Gasteiger partial charge in [0.2, 0.25) is 0 Å². The predicted octanol–water partition coefficient (Wildman–Crippen LogP) is 1.74. The minimum absolute atomic E-state index is 0.302. The van der Waals surface area contributed by atoms with E-state index in [1.807, 2.05) is 24.1 Å². The first kappa shape index (κ1) is 13.2. The smallest absolute Gasteiger partial charge is 0.0618 e. The summed E-state index contributed by atoms with van der Waals surface area (Å²) in [5.41, 5.74) is 1.21. The van der Waals surface area contributed by atoms with Crippen molar-refractivity contribution in [2.24, 2.45) is 13.0 Å². The maximum atomic E-state index is 5.22. The van der Waals surface area contributed by atoms with E-state index in [9.17, 15) is 0 Å². The molecule has 4 heteroatoms. The second-order valence-corrected chi connectivity index (χ2v) is 4.64. The van der Waals surface area contributed by atoms with E-state index in [2.05, 4.69) is 31.2 Å². The minimum Gasteiger partial charge on any atom is -0.383 e. The summed E-state index contributed by atoms with van der Waals surface area (Å²) in [5.74, 6) is 0.555. The minimum atomic E-state index is 0.302. The average molecular weight is 225 g/mol. The van der Waals surface area contributed by atoms with Crippen molar-refractivity contribution in [1.82, 2.24) is 15.1 Å². The molecule has 0 aromatic carbocycles. The number of hydrogen-bond donors (Lipinski definition) is 1. The number of ether oxygens (including phenoxy) is 1. The average Bonchev–Trinajstić information content (AvgIpc) is 2.64. The molecule has 0 aliphatic heterocycles. The van der Waals surface area contributed by atoms with Crippen LogP contribution in [0.2, 0.25) is 0 Å². The third-order valence-corrected chi connectivity index (χ3v) is 2.84. The highest BCUT2D eigenvalue weighted by Crippen LogP contribution is 2.14. The van der Waals surface area contributed by atoms with Crippen molar-refractivity contribution >= 4 is 0 Å². The molecular formula is C12H23N3O. The quantitative estimate of drug-likeness (QED) is 0.801. The van der Waals surface area contributed by atoms with E-state index >= 15 is 0 Å². The number of methoxy groups -OCH3 is 1. The highest BCUT2D eigenvalue weighted by Gasteiger charge is 2.17. The SMILES string of the molecule is COCC(NC(C)c1cnn(C)c1)C(C)C. The van der Waals surface area contributed by atoms with Gasteiger partial charge in [0.05, 0.1) is 12.8 Å². The van der Waals surface area contributed by atoms with Gasteiger partial charge in [0, 0.05) is 38.0 Å². The number of rotatable bonds is 6. The van der Waals surface area contributed by atoms with Crippen LogP contribution in [-0.4, -0.2) is 29.5 Å². The fourth-order valence-electron chi connectivity index (χ4n) is 1.69. The van der Waals surface area contributed by atoms with Crippen LogP contribution in [0.4, 0.5) is 0 Å². The molecule has 0 radical (unpaired) electrons. The topological polar surface area (TPSA) is 39.1 Å². The van der Waals surface area contributed by atoms with E-state index in [1.54, 1.807) is 7.11 Å². The molecule has 0 fully saturated rings. The molecule has 0 aliphatic rings. The van der Waals surface area contributed by atoms with Crippen LogP contribution >= 0.6 is 0 Å². The Morgan fingerprint density at radius 2 is 2.12 bits per heavy atom. The van der Waals surface area contributed by atoms with Crippen LogP contribution in [0.15, 0.2) is 12.4 Å². The lowest BCUT2D eigenvalue weighted by atomic mass is 10.0. The monoisotopic (exact) mass is 225 g/mol. The van der Waals surface area contributed by atoms with E-state index in [0.717, 1.165) is 6.61 Å². The first-order valence-electron chi connectivity index (χ1n) is 5.78. The number of hydrogen-bond acceptors (Lipinski definition) is 3. The lowest BCUT2D eigenvalue weighted by Gasteiger charge is -2.25. The van der Waals surface area contributed by atoms with Gasteiger partial charge in [0.1, 0.15) is 0 Å². The molecule has 0 amide bonds. The Labute approximate surface area is 98.0 Å². The lowest BCUT2D eigenvalue weighted by Crippen LogP contribution is -2.39. The normalized spacial score (nSPS) is 15.4. The van der Waals surface area contributed by atoms with Crippen LogP contribution in [-0.2, 0) is 11.8 Å². The summed E-state index contributed by atoms with van der Waals surface area (Å²) in [7, 11) is 3.68. The summed E-state index contributed by atoms with van der Waals surface area (Å²) < 4.78 is 7.05. The van der Waals surface area contributed by atoms with Crippen molar-refractivity contribution in [3.63, 3.8) is 0 Å². The first-order valence-corrected chi connectivity index (χ1v) is 5.78. The van der Waals surface area contributed by atoms with E-state index in [-0.39, 0.29) is 0 Å². The summed E-state index contributed by atoms with van der Waals surface area (Å²) in [5, 5.41) is 7.75. The summed E-state index contributed by atoms with van der Waals surface area (Å²) in [6.07, 6.45) is 3.95. The largest absolute Gasteiger partial charge is 0.383 e. The van der Waals surface area contributed by atoms with Crippen LogP contribution in [0.25, 0.3) is 0 Å². The van der Waals surface area contributed by atoms with E-state index in [1.165, 1.54) is 5.56 Å². The number of nitrogens with zero attached hydrogens (tertiary/aromatic N) is 2. The van der Waals surface area contributed by atoms with Gasteiger partial charge in [-0.1, -0.05) is 13.8 Å². The maximum Gasteiger partial charge on any atom is 0.0618 e. The van der Waals surface area contributed by atoms with Crippen LogP contribution in [0.1, 0.15) is 32.4 Å². The van der Waals surface area contributed by atoms with Crippen LogP contribution < -0.4 is 5.32 Å². The van der Waals surface area contributed by atoms with Gasteiger partial charge in [0.15, 0.2) is 0 Å². The van der Waals surface area contributed by atoms with E-state index in [4.69, 9.17) is 4.74 Å². The third-order valence-electron chi connectivity index (χ3n) is 2.84. The summed E-state index contributed by atoms with van der Waals surface area (Å²) in [4.78, 5) is 0. The molecule has 0 saturated carbocycles.